The second-order valence-corrected chi connectivity index (χ2v) is 3.65. The van der Waals surface area contributed by atoms with E-state index >= 15 is 0 Å². The van der Waals surface area contributed by atoms with Crippen LogP contribution in [0.5, 0.6) is 0 Å². The van der Waals surface area contributed by atoms with Gasteiger partial charge in [-0.2, -0.15) is 0 Å². The fourth-order valence-electron chi connectivity index (χ4n) is 1.10. The minimum Gasteiger partial charge on any atom is -0.362 e. The lowest BCUT2D eigenvalue weighted by Gasteiger charge is -2.07. The average molecular weight is 285 g/mol. The van der Waals surface area contributed by atoms with E-state index in [1.165, 1.54) is 6.33 Å². The highest BCUT2D eigenvalue weighted by molar-refractivity contribution is 9.10. The third kappa shape index (κ3) is 2.28. The van der Waals surface area contributed by atoms with Crippen LogP contribution in [0.3, 0.4) is 0 Å². The van der Waals surface area contributed by atoms with Crippen LogP contribution >= 0.6 is 15.9 Å². The summed E-state index contributed by atoms with van der Waals surface area (Å²) in [5.74, 6) is 7.13. The first-order valence-electron chi connectivity index (χ1n) is 4.42. The molecule has 2 aromatic heterocycles. The molecule has 2 rings (SSSR count). The van der Waals surface area contributed by atoms with Crippen LogP contribution in [0.1, 0.15) is 5.76 Å². The third-order valence-electron chi connectivity index (χ3n) is 1.85. The molecular formula is C8H9BrN6O. The van der Waals surface area contributed by atoms with E-state index in [9.17, 15) is 0 Å². The highest BCUT2D eigenvalue weighted by Gasteiger charge is 2.07. The SMILES string of the molecule is NNc1ncnc(NCc2ccno2)c1Br. The quantitative estimate of drug-likeness (QED) is 0.571. The molecule has 0 fully saturated rings. The average Bonchev–Trinajstić information content (AvgIpc) is 2.81. The minimum atomic E-state index is 0.486. The molecule has 84 valence electrons. The molecule has 0 spiro atoms. The van der Waals surface area contributed by atoms with Gasteiger partial charge in [-0.3, -0.25) is 0 Å². The molecule has 0 saturated carbocycles. The Labute approximate surface area is 99.5 Å². The summed E-state index contributed by atoms with van der Waals surface area (Å²) in [6, 6.07) is 1.77. The summed E-state index contributed by atoms with van der Waals surface area (Å²) in [6.07, 6.45) is 2.99. The highest BCUT2D eigenvalue weighted by Crippen LogP contribution is 2.25. The van der Waals surface area contributed by atoms with Crippen molar-refractivity contribution in [2.24, 2.45) is 5.84 Å². The van der Waals surface area contributed by atoms with Gasteiger partial charge in [0.2, 0.25) is 0 Å². The van der Waals surface area contributed by atoms with Gasteiger partial charge < -0.3 is 15.3 Å². The van der Waals surface area contributed by atoms with Crippen molar-refractivity contribution in [3.8, 4) is 0 Å². The predicted octanol–water partition coefficient (Wildman–Crippen LogP) is 1.12. The minimum absolute atomic E-state index is 0.486. The smallest absolute Gasteiger partial charge is 0.159 e. The summed E-state index contributed by atoms with van der Waals surface area (Å²) in [4.78, 5) is 7.99. The first kappa shape index (κ1) is 10.8. The van der Waals surface area contributed by atoms with Gasteiger partial charge in [-0.05, 0) is 15.9 Å². The highest BCUT2D eigenvalue weighted by atomic mass is 79.9. The van der Waals surface area contributed by atoms with Crippen molar-refractivity contribution >= 4 is 27.6 Å². The number of aromatic nitrogens is 3. The first-order chi connectivity index (χ1) is 7.81. The Morgan fingerprint density at radius 1 is 1.38 bits per heavy atom. The Morgan fingerprint density at radius 3 is 2.88 bits per heavy atom. The van der Waals surface area contributed by atoms with Gasteiger partial charge in [0.15, 0.2) is 11.6 Å². The van der Waals surface area contributed by atoms with Gasteiger partial charge in [-0.1, -0.05) is 5.16 Å². The maximum atomic E-state index is 5.28. The third-order valence-corrected chi connectivity index (χ3v) is 2.60. The Morgan fingerprint density at radius 2 is 2.19 bits per heavy atom. The summed E-state index contributed by atoms with van der Waals surface area (Å²) in [6.45, 7) is 0.486. The van der Waals surface area contributed by atoms with Crippen LogP contribution in [0.15, 0.2) is 27.6 Å². The standard InChI is InChI=1S/C8H9BrN6O/c9-6-7(12-4-13-8(6)15-10)11-3-5-1-2-14-16-5/h1-2,4H,3,10H2,(H2,11,12,13,15). The van der Waals surface area contributed by atoms with E-state index in [0.717, 1.165) is 0 Å². The van der Waals surface area contributed by atoms with Gasteiger partial charge in [0, 0.05) is 6.07 Å². The van der Waals surface area contributed by atoms with Crippen LogP contribution in [-0.4, -0.2) is 15.1 Å². The predicted molar refractivity (Wildman–Crippen MR) is 61.4 cm³/mol. The van der Waals surface area contributed by atoms with Crippen LogP contribution < -0.4 is 16.6 Å². The molecule has 0 unspecified atom stereocenters. The van der Waals surface area contributed by atoms with E-state index in [1.54, 1.807) is 12.3 Å². The molecule has 4 N–H and O–H groups in total. The fraction of sp³-hybridized carbons (Fsp3) is 0.125. The summed E-state index contributed by atoms with van der Waals surface area (Å²) in [5, 5.41) is 6.66. The second kappa shape index (κ2) is 4.90. The zero-order valence-electron chi connectivity index (χ0n) is 8.14. The number of anilines is 2. The van der Waals surface area contributed by atoms with Crippen molar-refractivity contribution in [2.75, 3.05) is 10.7 Å². The van der Waals surface area contributed by atoms with Crippen molar-refractivity contribution < 1.29 is 4.52 Å². The van der Waals surface area contributed by atoms with Crippen LogP contribution in [0, 0.1) is 0 Å². The van der Waals surface area contributed by atoms with Crippen molar-refractivity contribution in [1.82, 2.24) is 15.1 Å². The van der Waals surface area contributed by atoms with E-state index in [0.29, 0.717) is 28.4 Å². The summed E-state index contributed by atoms with van der Waals surface area (Å²) in [5.41, 5.74) is 2.46. The lowest BCUT2D eigenvalue weighted by molar-refractivity contribution is 0.388. The summed E-state index contributed by atoms with van der Waals surface area (Å²) < 4.78 is 5.60. The normalized spacial score (nSPS) is 10.1. The number of nitrogen functional groups attached to an aromatic ring is 1. The second-order valence-electron chi connectivity index (χ2n) is 2.86. The van der Waals surface area contributed by atoms with Gasteiger partial charge in [-0.25, -0.2) is 15.8 Å². The summed E-state index contributed by atoms with van der Waals surface area (Å²) in [7, 11) is 0. The van der Waals surface area contributed by atoms with Crippen LogP contribution in [0.25, 0.3) is 0 Å². The number of hydrogen-bond acceptors (Lipinski definition) is 7. The molecule has 7 nitrogen and oxygen atoms in total. The Balaban J connectivity index is 2.09. The fourth-order valence-corrected chi connectivity index (χ4v) is 1.56. The van der Waals surface area contributed by atoms with Crippen LogP contribution in [-0.2, 0) is 6.54 Å². The largest absolute Gasteiger partial charge is 0.362 e. The number of hydrogen-bond donors (Lipinski definition) is 3. The zero-order chi connectivity index (χ0) is 11.4. The molecule has 0 atom stereocenters. The monoisotopic (exact) mass is 284 g/mol. The number of nitrogens with one attached hydrogen (secondary N) is 2. The molecule has 2 aromatic rings. The van der Waals surface area contributed by atoms with Crippen LogP contribution in [0.2, 0.25) is 0 Å². The molecule has 0 aromatic carbocycles. The molecule has 0 radical (unpaired) electrons. The number of rotatable bonds is 4. The number of nitrogens with two attached hydrogens (primary N) is 1. The zero-order valence-corrected chi connectivity index (χ0v) is 9.73. The Kier molecular flexibility index (Phi) is 3.32. The molecular weight excluding hydrogens is 276 g/mol. The van der Waals surface area contributed by atoms with Crippen molar-refractivity contribution in [1.29, 1.82) is 0 Å². The van der Waals surface area contributed by atoms with Gasteiger partial charge in [0.05, 0.1) is 12.7 Å². The van der Waals surface area contributed by atoms with E-state index < -0.39 is 0 Å². The number of hydrazine groups is 1. The van der Waals surface area contributed by atoms with Crippen molar-refractivity contribution in [3.63, 3.8) is 0 Å². The van der Waals surface area contributed by atoms with Crippen LogP contribution in [0.4, 0.5) is 11.6 Å². The van der Waals surface area contributed by atoms with Gasteiger partial charge in [0.25, 0.3) is 0 Å². The van der Waals surface area contributed by atoms with Gasteiger partial charge in [-0.15, -0.1) is 0 Å². The van der Waals surface area contributed by atoms with E-state index in [2.05, 4.69) is 41.8 Å². The molecule has 0 aliphatic heterocycles. The molecule has 2 heterocycles. The Hall–Kier alpha value is -1.67. The van der Waals surface area contributed by atoms with E-state index in [4.69, 9.17) is 10.4 Å². The molecule has 0 aliphatic rings. The maximum Gasteiger partial charge on any atom is 0.159 e. The lowest BCUT2D eigenvalue weighted by atomic mass is 10.4. The lowest BCUT2D eigenvalue weighted by Crippen LogP contribution is -2.11. The maximum absolute atomic E-state index is 5.28. The van der Waals surface area contributed by atoms with Crippen molar-refractivity contribution in [3.05, 3.63) is 28.8 Å². The van der Waals surface area contributed by atoms with E-state index in [1.807, 2.05) is 0 Å². The topological polar surface area (TPSA) is 102 Å². The van der Waals surface area contributed by atoms with Gasteiger partial charge in [0.1, 0.15) is 16.6 Å². The molecule has 0 bridgehead atoms. The molecule has 0 amide bonds. The Bertz CT molecular complexity index is 460. The first-order valence-corrected chi connectivity index (χ1v) is 5.21. The molecule has 0 saturated heterocycles. The molecule has 16 heavy (non-hydrogen) atoms. The number of halogens is 1. The van der Waals surface area contributed by atoms with E-state index in [-0.39, 0.29) is 0 Å². The summed E-state index contributed by atoms with van der Waals surface area (Å²) >= 11 is 3.33. The van der Waals surface area contributed by atoms with Gasteiger partial charge >= 0.3 is 0 Å². The molecule has 8 heteroatoms. The van der Waals surface area contributed by atoms with Crippen molar-refractivity contribution in [2.45, 2.75) is 6.54 Å². The number of nitrogens with zero attached hydrogens (tertiary/aromatic N) is 3. The molecule has 0 aliphatic carbocycles.